The maximum Gasteiger partial charge on any atom is 0.414 e. The number of pyridine rings is 2. The Bertz CT molecular complexity index is 1390. The first-order valence-corrected chi connectivity index (χ1v) is 12.5. The average Bonchev–Trinajstić information content (AvgIpc) is 3.37. The van der Waals surface area contributed by atoms with Crippen LogP contribution in [0.15, 0.2) is 90.1 Å². The number of hydrogen-bond acceptors (Lipinski definition) is 6. The van der Waals surface area contributed by atoms with Crippen LogP contribution in [0.1, 0.15) is 12.0 Å². The van der Waals surface area contributed by atoms with Crippen molar-refractivity contribution in [1.29, 1.82) is 0 Å². The zero-order chi connectivity index (χ0) is 25.5. The molecule has 8 heteroatoms. The highest BCUT2D eigenvalue weighted by Crippen LogP contribution is 2.22. The molecule has 190 valence electrons. The molecule has 0 aliphatic carbocycles. The van der Waals surface area contributed by atoms with Crippen LogP contribution >= 0.6 is 0 Å². The van der Waals surface area contributed by atoms with Crippen molar-refractivity contribution in [3.8, 4) is 5.75 Å². The van der Waals surface area contributed by atoms with E-state index < -0.39 is 0 Å². The van der Waals surface area contributed by atoms with Crippen LogP contribution in [0.5, 0.6) is 5.75 Å². The molecule has 37 heavy (non-hydrogen) atoms. The lowest BCUT2D eigenvalue weighted by atomic mass is 10.2. The minimum atomic E-state index is -0.311. The number of anilines is 1. The largest absolute Gasteiger partial charge is 0.494 e. The van der Waals surface area contributed by atoms with Gasteiger partial charge in [0.25, 0.3) is 5.56 Å². The molecule has 1 saturated heterocycles. The van der Waals surface area contributed by atoms with Crippen LogP contribution in [-0.4, -0.2) is 53.4 Å². The van der Waals surface area contributed by atoms with Crippen LogP contribution in [0.25, 0.3) is 10.8 Å². The zero-order valence-electron chi connectivity index (χ0n) is 20.7. The summed E-state index contributed by atoms with van der Waals surface area (Å²) >= 11 is 0. The van der Waals surface area contributed by atoms with Crippen molar-refractivity contribution in [3.63, 3.8) is 0 Å². The minimum Gasteiger partial charge on any atom is -0.494 e. The van der Waals surface area contributed by atoms with Crippen molar-refractivity contribution in [2.45, 2.75) is 19.5 Å². The van der Waals surface area contributed by atoms with Gasteiger partial charge in [-0.05, 0) is 65.9 Å². The topological polar surface area (TPSA) is 76.9 Å². The summed E-state index contributed by atoms with van der Waals surface area (Å²) in [6.45, 7) is 4.49. The molecule has 1 aliphatic heterocycles. The van der Waals surface area contributed by atoms with E-state index in [9.17, 15) is 9.59 Å². The number of carbonyl (C=O) groups excluding carboxylic acids is 1. The van der Waals surface area contributed by atoms with E-state index in [0.29, 0.717) is 26.3 Å². The maximum absolute atomic E-state index is 12.9. The third kappa shape index (κ3) is 6.16. The number of aromatic nitrogens is 2. The van der Waals surface area contributed by atoms with Gasteiger partial charge in [0.15, 0.2) is 0 Å². The molecule has 0 atom stereocenters. The second kappa shape index (κ2) is 11.7. The summed E-state index contributed by atoms with van der Waals surface area (Å²) in [7, 11) is 0. The van der Waals surface area contributed by atoms with Gasteiger partial charge in [0, 0.05) is 55.8 Å². The second-order valence-electron chi connectivity index (χ2n) is 9.00. The van der Waals surface area contributed by atoms with Crippen LogP contribution in [0.4, 0.5) is 10.5 Å². The molecule has 1 amide bonds. The van der Waals surface area contributed by atoms with Crippen LogP contribution < -0.4 is 15.2 Å². The molecule has 0 N–H and O–H groups in total. The smallest absolute Gasteiger partial charge is 0.414 e. The van der Waals surface area contributed by atoms with Gasteiger partial charge in [-0.2, -0.15) is 0 Å². The Balaban J connectivity index is 1.17. The fourth-order valence-electron chi connectivity index (χ4n) is 4.50. The summed E-state index contributed by atoms with van der Waals surface area (Å²) in [6, 6.07) is 21.2. The van der Waals surface area contributed by atoms with Gasteiger partial charge in [0.05, 0.1) is 13.2 Å². The number of hydrogen-bond donors (Lipinski definition) is 0. The normalized spacial score (nSPS) is 13.3. The highest BCUT2D eigenvalue weighted by atomic mass is 16.6. The van der Waals surface area contributed by atoms with Gasteiger partial charge < -0.3 is 14.0 Å². The molecule has 1 fully saturated rings. The van der Waals surface area contributed by atoms with Gasteiger partial charge >= 0.3 is 6.09 Å². The maximum atomic E-state index is 12.9. The molecule has 0 radical (unpaired) electrons. The van der Waals surface area contributed by atoms with E-state index in [0.717, 1.165) is 48.3 Å². The van der Waals surface area contributed by atoms with Crippen molar-refractivity contribution in [3.05, 3.63) is 101 Å². The summed E-state index contributed by atoms with van der Waals surface area (Å²) in [5.41, 5.74) is 2.02. The SMILES string of the molecule is O=C1OCCN1c1ccc(OCCCN(CCn2ccc3ccccc3c2=O)Cc2ccncc2)cc1. The fraction of sp³-hybridized carbons (Fsp3) is 0.276. The first kappa shape index (κ1) is 24.5. The summed E-state index contributed by atoms with van der Waals surface area (Å²) in [6.07, 6.45) is 6.00. The Morgan fingerprint density at radius 1 is 0.946 bits per heavy atom. The summed E-state index contributed by atoms with van der Waals surface area (Å²) in [5, 5.41) is 1.70. The van der Waals surface area contributed by atoms with E-state index in [-0.39, 0.29) is 11.7 Å². The summed E-state index contributed by atoms with van der Waals surface area (Å²) in [5.74, 6) is 0.764. The second-order valence-corrected chi connectivity index (χ2v) is 9.00. The van der Waals surface area contributed by atoms with E-state index in [4.69, 9.17) is 9.47 Å². The highest BCUT2D eigenvalue weighted by molar-refractivity contribution is 5.89. The molecule has 5 rings (SSSR count). The lowest BCUT2D eigenvalue weighted by molar-refractivity contribution is 0.181. The van der Waals surface area contributed by atoms with Crippen molar-refractivity contribution < 1.29 is 14.3 Å². The monoisotopic (exact) mass is 498 g/mol. The summed E-state index contributed by atoms with van der Waals surface area (Å²) < 4.78 is 12.7. The van der Waals surface area contributed by atoms with Crippen LogP contribution in [0, 0.1) is 0 Å². The zero-order valence-corrected chi connectivity index (χ0v) is 20.7. The fourth-order valence-corrected chi connectivity index (χ4v) is 4.50. The number of amides is 1. The number of ether oxygens (including phenoxy) is 2. The Morgan fingerprint density at radius 2 is 1.76 bits per heavy atom. The van der Waals surface area contributed by atoms with Gasteiger partial charge in [0.1, 0.15) is 12.4 Å². The number of nitrogens with zero attached hydrogens (tertiary/aromatic N) is 4. The first-order valence-electron chi connectivity index (χ1n) is 12.5. The number of fused-ring (bicyclic) bond motifs is 1. The van der Waals surface area contributed by atoms with Crippen molar-refractivity contribution in [2.24, 2.45) is 0 Å². The third-order valence-electron chi connectivity index (χ3n) is 6.50. The van der Waals surface area contributed by atoms with E-state index in [1.165, 1.54) is 5.56 Å². The molecule has 2 aromatic carbocycles. The summed E-state index contributed by atoms with van der Waals surface area (Å²) in [4.78, 5) is 32.7. The van der Waals surface area contributed by atoms with Crippen molar-refractivity contribution in [1.82, 2.24) is 14.5 Å². The Labute approximate surface area is 215 Å². The van der Waals surface area contributed by atoms with Gasteiger partial charge in [-0.1, -0.05) is 18.2 Å². The predicted molar refractivity (Wildman–Crippen MR) is 143 cm³/mol. The molecule has 2 aromatic heterocycles. The quantitative estimate of drug-likeness (QED) is 0.287. The van der Waals surface area contributed by atoms with Crippen molar-refractivity contribution >= 4 is 22.6 Å². The van der Waals surface area contributed by atoms with E-state index in [1.807, 2.05) is 72.9 Å². The van der Waals surface area contributed by atoms with Crippen LogP contribution in [-0.2, 0) is 17.8 Å². The lowest BCUT2D eigenvalue weighted by Crippen LogP contribution is -2.32. The molecule has 4 aromatic rings. The van der Waals surface area contributed by atoms with Gasteiger partial charge in [-0.15, -0.1) is 0 Å². The highest BCUT2D eigenvalue weighted by Gasteiger charge is 2.23. The number of cyclic esters (lactones) is 1. The van der Waals surface area contributed by atoms with Crippen molar-refractivity contribution in [2.75, 3.05) is 37.7 Å². The van der Waals surface area contributed by atoms with Gasteiger partial charge in [-0.3, -0.25) is 19.6 Å². The van der Waals surface area contributed by atoms with E-state index in [2.05, 4.69) is 9.88 Å². The standard InChI is InChI=1S/C29H30N4O4/c34-28-27-5-2-1-4-24(27)12-16-32(28)18-17-31(22-23-10-13-30-14-11-23)15-3-20-36-26-8-6-25(7-9-26)33-19-21-37-29(33)35/h1-2,4-14,16H,3,15,17-22H2. The molecule has 1 aliphatic rings. The molecule has 3 heterocycles. The predicted octanol–water partition coefficient (Wildman–Crippen LogP) is 4.32. The Kier molecular flexibility index (Phi) is 7.76. The number of benzene rings is 2. The molecular weight excluding hydrogens is 468 g/mol. The van der Waals surface area contributed by atoms with E-state index >= 15 is 0 Å². The van der Waals surface area contributed by atoms with E-state index in [1.54, 1.807) is 21.9 Å². The molecule has 0 unspecified atom stereocenters. The Hall–Kier alpha value is -4.17. The minimum absolute atomic E-state index is 0.0379. The van der Waals surface area contributed by atoms with Crippen LogP contribution in [0.3, 0.4) is 0 Å². The molecule has 0 saturated carbocycles. The lowest BCUT2D eigenvalue weighted by Gasteiger charge is -2.23. The molecule has 0 spiro atoms. The van der Waals surface area contributed by atoms with Gasteiger partial charge in [-0.25, -0.2) is 4.79 Å². The molecular formula is C29H30N4O4. The molecule has 8 nitrogen and oxygen atoms in total. The molecule has 0 bridgehead atoms. The number of carbonyl (C=O) groups is 1. The third-order valence-corrected chi connectivity index (χ3v) is 6.50. The number of rotatable bonds is 11. The Morgan fingerprint density at radius 3 is 2.54 bits per heavy atom. The average molecular weight is 499 g/mol. The van der Waals surface area contributed by atoms with Gasteiger partial charge in [0.2, 0.25) is 0 Å². The van der Waals surface area contributed by atoms with Crippen LogP contribution in [0.2, 0.25) is 0 Å². The first-order chi connectivity index (χ1) is 18.2.